The second-order valence-electron chi connectivity index (χ2n) is 17.4. The van der Waals surface area contributed by atoms with E-state index in [2.05, 4.69) is 10.2 Å². The number of aromatic nitrogens is 6. The van der Waals surface area contributed by atoms with Gasteiger partial charge in [-0.3, -0.25) is 4.21 Å². The van der Waals surface area contributed by atoms with E-state index in [9.17, 15) is 13.8 Å². The molecule has 10 rings (SSSR count). The van der Waals surface area contributed by atoms with Crippen molar-refractivity contribution >= 4 is 64.4 Å². The fourth-order valence-electron chi connectivity index (χ4n) is 8.74. The molecule has 2 fully saturated rings. The predicted octanol–water partition coefficient (Wildman–Crippen LogP) is 10.2. The van der Waals surface area contributed by atoms with Crippen LogP contribution in [0.25, 0.3) is 35.6 Å². The summed E-state index contributed by atoms with van der Waals surface area (Å²) in [6, 6.07) is 43.2. The standard InChI is InChI=1S/C28H28N4O3S.C27H27N5O2/c1-36(34)26-17-25(30-27-23(18-29-32(26)27)15-14-21-9-4-2-5-10-21)24-13-8-16-31(19-24)28(33)35-20-22-11-6-3-7-12-22;28-25-16-24(30-26-22(17-29-32(25)26)14-13-20-8-3-1-4-9-20)23-12-7-15-31(18-23)27(33)34-19-21-10-5-2-6-11-21/h2-7,9-12,14-15,17-18,24H,8,13,16,19-20H2,1H3;1-6,8-11,13-14,16-17,23H,7,12,15,18-19,28H2/b15-14+;14-13+. The minimum Gasteiger partial charge on any atom is -0.445 e. The van der Waals surface area contributed by atoms with Crippen LogP contribution in [-0.2, 0) is 33.5 Å². The fourth-order valence-corrected chi connectivity index (χ4v) is 9.41. The average molecular weight is 954 g/mol. The molecule has 14 nitrogen and oxygen atoms in total. The monoisotopic (exact) mass is 953 g/mol. The number of rotatable bonds is 11. The van der Waals surface area contributed by atoms with Crippen molar-refractivity contribution in [3.63, 3.8) is 0 Å². The molecule has 4 aromatic carbocycles. The number of carbonyl (C=O) groups is 2. The summed E-state index contributed by atoms with van der Waals surface area (Å²) in [4.78, 5) is 38.8. The van der Waals surface area contributed by atoms with Crippen molar-refractivity contribution in [1.82, 2.24) is 39.0 Å². The van der Waals surface area contributed by atoms with Crippen LogP contribution in [0.5, 0.6) is 0 Å². The first-order valence-electron chi connectivity index (χ1n) is 23.5. The van der Waals surface area contributed by atoms with Gasteiger partial charge in [0.1, 0.15) is 24.1 Å². The highest BCUT2D eigenvalue weighted by Crippen LogP contribution is 2.31. The van der Waals surface area contributed by atoms with Crippen LogP contribution in [0, 0.1) is 0 Å². The third-order valence-electron chi connectivity index (χ3n) is 12.4. The van der Waals surface area contributed by atoms with Gasteiger partial charge in [-0.1, -0.05) is 133 Å². The largest absolute Gasteiger partial charge is 0.445 e. The van der Waals surface area contributed by atoms with Crippen molar-refractivity contribution in [2.45, 2.75) is 55.8 Å². The molecule has 15 heteroatoms. The number of hydrogen-bond acceptors (Lipinski definition) is 10. The van der Waals surface area contributed by atoms with Crippen LogP contribution >= 0.6 is 0 Å². The van der Waals surface area contributed by atoms with Gasteiger partial charge in [-0.15, -0.1) is 0 Å². The summed E-state index contributed by atoms with van der Waals surface area (Å²) in [5.74, 6) is 0.644. The lowest BCUT2D eigenvalue weighted by atomic mass is 9.94. The Balaban J connectivity index is 0.000000174. The van der Waals surface area contributed by atoms with E-state index in [-0.39, 0.29) is 37.2 Å². The molecular formula is C55H55N9O5S. The number of anilines is 1. The van der Waals surface area contributed by atoms with Gasteiger partial charge in [-0.05, 0) is 66.2 Å². The topological polar surface area (TPSA) is 163 Å². The summed E-state index contributed by atoms with van der Waals surface area (Å²) in [7, 11) is -1.26. The van der Waals surface area contributed by atoms with E-state index in [0.717, 1.165) is 70.5 Å². The minimum atomic E-state index is -1.26. The summed E-state index contributed by atoms with van der Waals surface area (Å²) in [6.07, 6.45) is 16.1. The average Bonchev–Trinajstić information content (AvgIpc) is 4.03. The minimum absolute atomic E-state index is 0.0242. The maximum Gasteiger partial charge on any atom is 0.410 e. The quantitative estimate of drug-likeness (QED) is 0.124. The number of amides is 2. The molecule has 2 aliphatic rings. The SMILES string of the molecule is CS(=O)c1cc(C2CCCN(C(=O)OCc3ccccc3)C2)nc2c(/C=C/c3ccccc3)cnn12.Nc1cc(C2CCCN(C(=O)OCc3ccccc3)C2)nc2c(/C=C/c3ccccc3)cnn12. The Morgan fingerprint density at radius 2 is 1.04 bits per heavy atom. The van der Waals surface area contributed by atoms with Crippen LogP contribution in [0.15, 0.2) is 151 Å². The highest BCUT2D eigenvalue weighted by Gasteiger charge is 2.29. The van der Waals surface area contributed by atoms with E-state index in [1.54, 1.807) is 37.5 Å². The summed E-state index contributed by atoms with van der Waals surface area (Å²) in [5, 5.41) is 9.46. The van der Waals surface area contributed by atoms with Crippen molar-refractivity contribution in [1.29, 1.82) is 0 Å². The molecule has 2 saturated heterocycles. The molecule has 70 heavy (non-hydrogen) atoms. The Morgan fingerprint density at radius 1 is 0.614 bits per heavy atom. The van der Waals surface area contributed by atoms with E-state index in [4.69, 9.17) is 25.2 Å². The molecule has 3 atom stereocenters. The number of piperidine rings is 2. The van der Waals surface area contributed by atoms with Crippen LogP contribution in [0.4, 0.5) is 15.4 Å². The van der Waals surface area contributed by atoms with Gasteiger partial charge in [-0.2, -0.15) is 14.7 Å². The Kier molecular flexibility index (Phi) is 15.1. The highest BCUT2D eigenvalue weighted by atomic mass is 32.2. The van der Waals surface area contributed by atoms with E-state index in [1.165, 1.54) is 0 Å². The molecule has 0 radical (unpaired) electrons. The zero-order valence-electron chi connectivity index (χ0n) is 39.0. The van der Waals surface area contributed by atoms with Gasteiger partial charge >= 0.3 is 12.2 Å². The molecule has 356 valence electrons. The van der Waals surface area contributed by atoms with Gasteiger partial charge in [0.25, 0.3) is 0 Å². The van der Waals surface area contributed by atoms with Gasteiger partial charge in [0.2, 0.25) is 0 Å². The van der Waals surface area contributed by atoms with Crippen LogP contribution < -0.4 is 5.73 Å². The molecule has 3 unspecified atom stereocenters. The molecular weight excluding hydrogens is 899 g/mol. The second kappa shape index (κ2) is 22.5. The molecule has 2 aliphatic heterocycles. The highest BCUT2D eigenvalue weighted by molar-refractivity contribution is 7.84. The van der Waals surface area contributed by atoms with E-state index in [1.807, 2.05) is 158 Å². The number of nitrogens with two attached hydrogens (primary N) is 1. The summed E-state index contributed by atoms with van der Waals surface area (Å²) in [6.45, 7) is 2.91. The van der Waals surface area contributed by atoms with Crippen molar-refractivity contribution in [3.8, 4) is 0 Å². The van der Waals surface area contributed by atoms with E-state index >= 15 is 0 Å². The first kappa shape index (κ1) is 47.2. The maximum absolute atomic E-state index is 12.8. The van der Waals surface area contributed by atoms with Crippen molar-refractivity contribution in [3.05, 3.63) is 191 Å². The first-order valence-corrected chi connectivity index (χ1v) is 25.1. The molecule has 2 N–H and O–H groups in total. The molecule has 4 aromatic heterocycles. The lowest BCUT2D eigenvalue weighted by molar-refractivity contribution is 0.0850. The summed E-state index contributed by atoms with van der Waals surface area (Å²) in [5.41, 5.74) is 15.2. The van der Waals surface area contributed by atoms with Crippen LogP contribution in [0.3, 0.4) is 0 Å². The lowest BCUT2D eigenvalue weighted by Crippen LogP contribution is -2.39. The Bertz CT molecular complexity index is 3130. The van der Waals surface area contributed by atoms with Crippen molar-refractivity contribution in [2.75, 3.05) is 38.2 Å². The zero-order valence-corrected chi connectivity index (χ0v) is 39.8. The number of benzene rings is 4. The fraction of sp³-hybridized carbons (Fsp3) is 0.236. The lowest BCUT2D eigenvalue weighted by Gasteiger charge is -2.32. The maximum atomic E-state index is 12.8. The van der Waals surface area contributed by atoms with Gasteiger partial charge in [0.15, 0.2) is 11.3 Å². The van der Waals surface area contributed by atoms with Crippen LogP contribution in [0.1, 0.15) is 82.3 Å². The zero-order chi connectivity index (χ0) is 48.2. The molecule has 2 amide bonds. The van der Waals surface area contributed by atoms with E-state index in [0.29, 0.717) is 48.3 Å². The Labute approximate surface area is 409 Å². The molecule has 0 bridgehead atoms. The molecule has 8 aromatic rings. The third-order valence-corrected chi connectivity index (χ3v) is 13.3. The van der Waals surface area contributed by atoms with Gasteiger partial charge < -0.3 is 25.0 Å². The van der Waals surface area contributed by atoms with Crippen molar-refractivity contribution in [2.24, 2.45) is 0 Å². The molecule has 0 aliphatic carbocycles. The summed E-state index contributed by atoms with van der Waals surface area (Å²) >= 11 is 0. The van der Waals surface area contributed by atoms with Crippen molar-refractivity contribution < 1.29 is 23.3 Å². The van der Waals surface area contributed by atoms with Crippen LogP contribution in [0.2, 0.25) is 0 Å². The number of carbonyl (C=O) groups excluding carboxylic acids is 2. The van der Waals surface area contributed by atoms with E-state index < -0.39 is 10.8 Å². The smallest absolute Gasteiger partial charge is 0.410 e. The number of likely N-dealkylation sites (tertiary alicyclic amines) is 2. The molecule has 6 heterocycles. The van der Waals surface area contributed by atoms with Gasteiger partial charge in [0, 0.05) is 61.5 Å². The second-order valence-corrected chi connectivity index (χ2v) is 18.7. The predicted molar refractivity (Wildman–Crippen MR) is 274 cm³/mol. The van der Waals surface area contributed by atoms with Gasteiger partial charge in [-0.25, -0.2) is 24.1 Å². The Morgan fingerprint density at radius 3 is 1.51 bits per heavy atom. The molecule has 0 saturated carbocycles. The number of ether oxygens (including phenoxy) is 2. The first-order chi connectivity index (χ1) is 34.3. The van der Waals surface area contributed by atoms with Crippen LogP contribution in [-0.4, -0.2) is 87.8 Å². The number of fused-ring (bicyclic) bond motifs is 2. The normalized spacial score (nSPS) is 16.6. The number of nitrogen functional groups attached to an aromatic ring is 1. The Hall–Kier alpha value is -7.91. The molecule has 0 spiro atoms. The van der Waals surface area contributed by atoms with Gasteiger partial charge in [0.05, 0.1) is 34.6 Å². The number of nitrogens with zero attached hydrogens (tertiary/aromatic N) is 8. The number of hydrogen-bond donors (Lipinski definition) is 1. The third kappa shape index (κ3) is 11.7. The summed E-state index contributed by atoms with van der Waals surface area (Å²) < 4.78 is 27.0.